The van der Waals surface area contributed by atoms with Gasteiger partial charge in [0.25, 0.3) is 0 Å². The van der Waals surface area contributed by atoms with Crippen LogP contribution in [0, 0.1) is 0 Å². The Morgan fingerprint density at radius 1 is 1.04 bits per heavy atom. The summed E-state index contributed by atoms with van der Waals surface area (Å²) in [6, 6.07) is 7.61. The number of benzene rings is 1. The number of rotatable bonds is 11. The number of aromatic nitrogens is 3. The minimum Gasteiger partial charge on any atom is -0.390 e. The summed E-state index contributed by atoms with van der Waals surface area (Å²) in [4.78, 5) is 11.0. The van der Waals surface area contributed by atoms with E-state index in [-0.39, 0.29) is 24.5 Å². The standard InChI is InChI=1S/C32H41ClF3N7O4S2/c1-49(45,46)42-8-6-28-25(22-42)30(23-4-5-26(32(34,35)36)29(19-23)48-18-15-39-13-16-47-17-14-39)38-43(28)21-24(44)20-40-9-11-41(12-10-40)31-27(33)3-2-7-37-31/h2-5,7,19,24,44H,6,8-18,20-22H2,1H3. The minimum atomic E-state index is -4.54. The van der Waals surface area contributed by atoms with Gasteiger partial charge in [0.15, 0.2) is 0 Å². The van der Waals surface area contributed by atoms with Gasteiger partial charge in [0, 0.05) is 106 Å². The highest BCUT2D eigenvalue weighted by molar-refractivity contribution is 7.99. The van der Waals surface area contributed by atoms with Crippen molar-refractivity contribution in [3.63, 3.8) is 0 Å². The van der Waals surface area contributed by atoms with Crippen molar-refractivity contribution in [2.75, 3.05) is 89.0 Å². The van der Waals surface area contributed by atoms with Crippen LogP contribution in [-0.2, 0) is 40.4 Å². The van der Waals surface area contributed by atoms with Gasteiger partial charge in [-0.1, -0.05) is 17.7 Å². The fourth-order valence-corrected chi connectivity index (χ4v) is 8.72. The maximum absolute atomic E-state index is 14.1. The second kappa shape index (κ2) is 15.4. The molecular formula is C32H41ClF3N7O4S2. The summed E-state index contributed by atoms with van der Waals surface area (Å²) in [6.45, 7) is 7.01. The molecule has 268 valence electrons. The van der Waals surface area contributed by atoms with Crippen LogP contribution in [0.1, 0.15) is 16.8 Å². The summed E-state index contributed by atoms with van der Waals surface area (Å²) in [5.74, 6) is 1.21. The van der Waals surface area contributed by atoms with E-state index in [9.17, 15) is 26.7 Å². The molecule has 3 aliphatic heterocycles. The molecule has 0 aliphatic carbocycles. The third kappa shape index (κ3) is 8.90. The predicted molar refractivity (Wildman–Crippen MR) is 184 cm³/mol. The molecule has 3 aliphatic rings. The molecule has 0 bridgehead atoms. The van der Waals surface area contributed by atoms with Gasteiger partial charge in [0.2, 0.25) is 10.0 Å². The number of nitrogens with zero attached hydrogens (tertiary/aromatic N) is 7. The van der Waals surface area contributed by atoms with Crippen LogP contribution in [0.4, 0.5) is 19.0 Å². The van der Waals surface area contributed by atoms with Crippen molar-refractivity contribution in [2.24, 2.45) is 0 Å². The van der Waals surface area contributed by atoms with Crippen molar-refractivity contribution in [2.45, 2.75) is 36.7 Å². The highest BCUT2D eigenvalue weighted by Gasteiger charge is 2.35. The van der Waals surface area contributed by atoms with E-state index in [1.807, 2.05) is 6.07 Å². The molecule has 3 aromatic rings. The Kier molecular flexibility index (Phi) is 11.5. The number of ether oxygens (including phenoxy) is 1. The first-order chi connectivity index (χ1) is 23.4. The SMILES string of the molecule is CS(=O)(=O)N1CCc2c(c(-c3ccc(C(F)(F)F)c(SCCN4CCOCC4)c3)nn2CC(O)CN2CCN(c3ncccc3Cl)CC2)C1. The molecule has 1 unspecified atom stereocenters. The molecule has 2 saturated heterocycles. The molecule has 0 amide bonds. The molecule has 0 spiro atoms. The lowest BCUT2D eigenvalue weighted by Gasteiger charge is -2.36. The highest BCUT2D eigenvalue weighted by Crippen LogP contribution is 2.40. The first-order valence-electron chi connectivity index (χ1n) is 16.3. The zero-order valence-corrected chi connectivity index (χ0v) is 29.7. The van der Waals surface area contributed by atoms with Crippen molar-refractivity contribution < 1.29 is 31.4 Å². The molecule has 5 heterocycles. The van der Waals surface area contributed by atoms with Crippen LogP contribution in [0.5, 0.6) is 0 Å². The van der Waals surface area contributed by atoms with E-state index in [0.29, 0.717) is 86.5 Å². The Morgan fingerprint density at radius 2 is 1.80 bits per heavy atom. The summed E-state index contributed by atoms with van der Waals surface area (Å²) in [7, 11) is -3.53. The first-order valence-corrected chi connectivity index (χ1v) is 19.5. The molecule has 17 heteroatoms. The Morgan fingerprint density at radius 3 is 2.49 bits per heavy atom. The van der Waals surface area contributed by atoms with Gasteiger partial charge in [-0.25, -0.2) is 13.4 Å². The molecule has 0 saturated carbocycles. The first kappa shape index (κ1) is 36.4. The molecule has 2 fully saturated rings. The zero-order chi connectivity index (χ0) is 34.8. The van der Waals surface area contributed by atoms with Crippen LogP contribution in [0.2, 0.25) is 5.02 Å². The quantitative estimate of drug-likeness (QED) is 0.294. The van der Waals surface area contributed by atoms with Gasteiger partial charge < -0.3 is 14.7 Å². The number of pyridine rings is 1. The van der Waals surface area contributed by atoms with E-state index < -0.39 is 27.9 Å². The second-order valence-electron chi connectivity index (χ2n) is 12.6. The number of aliphatic hydroxyl groups excluding tert-OH is 1. The van der Waals surface area contributed by atoms with Crippen LogP contribution >= 0.6 is 23.4 Å². The Labute approximate surface area is 294 Å². The molecule has 2 aromatic heterocycles. The zero-order valence-electron chi connectivity index (χ0n) is 27.3. The number of hydrogen-bond donors (Lipinski definition) is 1. The van der Waals surface area contributed by atoms with E-state index in [1.165, 1.54) is 16.4 Å². The third-order valence-electron chi connectivity index (χ3n) is 9.16. The second-order valence-corrected chi connectivity index (χ2v) is 16.1. The fourth-order valence-electron chi connectivity index (χ4n) is 6.57. The molecule has 49 heavy (non-hydrogen) atoms. The van der Waals surface area contributed by atoms with Crippen LogP contribution in [-0.4, -0.2) is 133 Å². The highest BCUT2D eigenvalue weighted by atomic mass is 35.5. The molecule has 1 aromatic carbocycles. The summed E-state index contributed by atoms with van der Waals surface area (Å²) >= 11 is 7.49. The number of thioether (sulfide) groups is 1. The molecule has 1 atom stereocenters. The maximum Gasteiger partial charge on any atom is 0.417 e. The maximum atomic E-state index is 14.1. The average Bonchev–Trinajstić information content (AvgIpc) is 3.42. The molecule has 0 radical (unpaired) electrons. The van der Waals surface area contributed by atoms with Gasteiger partial charge in [-0.3, -0.25) is 14.5 Å². The number of β-amino-alcohol motifs (C(OH)–C–C–N with tert-alkyl or cyclic N) is 1. The van der Waals surface area contributed by atoms with E-state index in [0.717, 1.165) is 48.7 Å². The van der Waals surface area contributed by atoms with Crippen LogP contribution in [0.3, 0.4) is 0 Å². The monoisotopic (exact) mass is 743 g/mol. The van der Waals surface area contributed by atoms with Crippen molar-refractivity contribution in [1.29, 1.82) is 0 Å². The van der Waals surface area contributed by atoms with Crippen molar-refractivity contribution in [3.8, 4) is 11.3 Å². The average molecular weight is 744 g/mol. The Hall–Kier alpha value is -2.44. The summed E-state index contributed by atoms with van der Waals surface area (Å²) in [6.07, 6.45) is -2.09. The van der Waals surface area contributed by atoms with Crippen LogP contribution in [0.25, 0.3) is 11.3 Å². The minimum absolute atomic E-state index is 0.0537. The molecule has 11 nitrogen and oxygen atoms in total. The number of anilines is 1. The number of aliphatic hydroxyl groups is 1. The van der Waals surface area contributed by atoms with Gasteiger partial charge in [-0.15, -0.1) is 11.8 Å². The largest absolute Gasteiger partial charge is 0.417 e. The van der Waals surface area contributed by atoms with Crippen molar-refractivity contribution >= 4 is 39.2 Å². The third-order valence-corrected chi connectivity index (χ3v) is 11.7. The lowest BCUT2D eigenvalue weighted by Crippen LogP contribution is -2.49. The van der Waals surface area contributed by atoms with Crippen LogP contribution < -0.4 is 4.90 Å². The predicted octanol–water partition coefficient (Wildman–Crippen LogP) is 3.54. The van der Waals surface area contributed by atoms with Gasteiger partial charge in [0.05, 0.1) is 48.4 Å². The summed E-state index contributed by atoms with van der Waals surface area (Å²) in [5, 5.41) is 16.6. The number of morpholine rings is 1. The molecule has 6 rings (SSSR count). The molecular weight excluding hydrogens is 703 g/mol. The lowest BCUT2D eigenvalue weighted by molar-refractivity contribution is -0.139. The van der Waals surface area contributed by atoms with E-state index >= 15 is 0 Å². The van der Waals surface area contributed by atoms with Gasteiger partial charge in [-0.05, 0) is 24.3 Å². The van der Waals surface area contributed by atoms with E-state index in [2.05, 4.69) is 19.7 Å². The molecule has 1 N–H and O–H groups in total. The lowest BCUT2D eigenvalue weighted by atomic mass is 10.0. The fraction of sp³-hybridized carbons (Fsp3) is 0.562. The number of hydrogen-bond acceptors (Lipinski definition) is 10. The van der Waals surface area contributed by atoms with Crippen molar-refractivity contribution in [3.05, 3.63) is 58.4 Å². The Balaban J connectivity index is 1.21. The number of fused-ring (bicyclic) bond motifs is 1. The van der Waals surface area contributed by atoms with Crippen molar-refractivity contribution in [1.82, 2.24) is 28.9 Å². The van der Waals surface area contributed by atoms with Gasteiger partial charge >= 0.3 is 6.18 Å². The van der Waals surface area contributed by atoms with Gasteiger partial charge in [0.1, 0.15) is 5.82 Å². The number of alkyl halides is 3. The Bertz CT molecular complexity index is 1710. The van der Waals surface area contributed by atoms with Crippen LogP contribution in [0.15, 0.2) is 41.4 Å². The van der Waals surface area contributed by atoms with E-state index in [4.69, 9.17) is 21.4 Å². The topological polar surface area (TPSA) is 107 Å². The van der Waals surface area contributed by atoms with E-state index in [1.54, 1.807) is 16.9 Å². The smallest absolute Gasteiger partial charge is 0.390 e. The number of piperazine rings is 1. The summed E-state index contributed by atoms with van der Waals surface area (Å²) in [5.41, 5.74) is 1.63. The normalized spacial score (nSPS) is 19.3. The number of sulfonamides is 1. The number of halogens is 4. The van der Waals surface area contributed by atoms with Gasteiger partial charge in [-0.2, -0.15) is 22.6 Å². The summed E-state index contributed by atoms with van der Waals surface area (Å²) < 4.78 is 75.9.